The number of hydrogen-bond acceptors (Lipinski definition) is 4. The summed E-state index contributed by atoms with van der Waals surface area (Å²) in [4.78, 5) is 12.6. The van der Waals surface area contributed by atoms with Crippen LogP contribution in [0.2, 0.25) is 0 Å². The Morgan fingerprint density at radius 2 is 2.00 bits per heavy atom. The number of carbonyl (C=O) groups is 1. The Morgan fingerprint density at radius 1 is 1.38 bits per heavy atom. The molecule has 0 aliphatic rings. The molecule has 2 N–H and O–H groups in total. The first-order valence-corrected chi connectivity index (χ1v) is 6.32. The lowest BCUT2D eigenvalue weighted by molar-refractivity contribution is -0.144. The van der Waals surface area contributed by atoms with Gasteiger partial charge in [-0.2, -0.15) is 0 Å². The largest absolute Gasteiger partial charge is 0.465 e. The minimum Gasteiger partial charge on any atom is -0.465 e. The van der Waals surface area contributed by atoms with Gasteiger partial charge in [0, 0.05) is 4.90 Å². The van der Waals surface area contributed by atoms with E-state index in [9.17, 15) is 4.79 Å². The molecule has 4 heteroatoms. The molecule has 0 saturated carbocycles. The zero-order valence-electron chi connectivity index (χ0n) is 9.60. The van der Waals surface area contributed by atoms with Crippen LogP contribution in [0.25, 0.3) is 0 Å². The van der Waals surface area contributed by atoms with Crippen LogP contribution in [0.15, 0.2) is 29.2 Å². The van der Waals surface area contributed by atoms with Crippen molar-refractivity contribution in [1.29, 1.82) is 0 Å². The molecule has 0 aromatic heterocycles. The van der Waals surface area contributed by atoms with E-state index in [0.717, 1.165) is 11.3 Å². The summed E-state index contributed by atoms with van der Waals surface area (Å²) in [6.07, 6.45) is 0. The number of nitrogens with two attached hydrogens (primary N) is 1. The maximum Gasteiger partial charge on any atom is 0.327 e. The van der Waals surface area contributed by atoms with E-state index in [0.29, 0.717) is 6.61 Å². The maximum absolute atomic E-state index is 11.4. The van der Waals surface area contributed by atoms with E-state index in [1.54, 1.807) is 18.7 Å². The predicted octanol–water partition coefficient (Wildman–Crippen LogP) is 2.36. The molecule has 0 aliphatic carbocycles. The minimum absolute atomic E-state index is 0.357. The van der Waals surface area contributed by atoms with Crippen LogP contribution in [-0.4, -0.2) is 18.3 Å². The Hall–Kier alpha value is -1.00. The number of rotatable bonds is 5. The van der Waals surface area contributed by atoms with Crippen molar-refractivity contribution in [2.75, 3.05) is 12.4 Å². The van der Waals surface area contributed by atoms with Crippen molar-refractivity contribution in [2.45, 2.75) is 24.8 Å². The summed E-state index contributed by atoms with van der Waals surface area (Å²) in [5, 5.41) is 0. The summed E-state index contributed by atoms with van der Waals surface area (Å²) in [5.41, 5.74) is 6.56. The average Bonchev–Trinajstić information content (AvgIpc) is 2.30. The van der Waals surface area contributed by atoms with Crippen LogP contribution in [0.4, 0.5) is 0 Å². The van der Waals surface area contributed by atoms with Gasteiger partial charge in [0.2, 0.25) is 0 Å². The van der Waals surface area contributed by atoms with Crippen LogP contribution >= 0.6 is 11.8 Å². The topological polar surface area (TPSA) is 52.3 Å². The van der Waals surface area contributed by atoms with Crippen molar-refractivity contribution < 1.29 is 9.53 Å². The lowest BCUT2D eigenvalue weighted by Gasteiger charge is -2.11. The summed E-state index contributed by atoms with van der Waals surface area (Å²) < 4.78 is 4.87. The predicted molar refractivity (Wildman–Crippen MR) is 66.4 cm³/mol. The molecule has 1 unspecified atom stereocenters. The smallest absolute Gasteiger partial charge is 0.327 e. The van der Waals surface area contributed by atoms with E-state index in [4.69, 9.17) is 10.5 Å². The van der Waals surface area contributed by atoms with Crippen LogP contribution in [-0.2, 0) is 9.53 Å². The molecule has 0 radical (unpaired) electrons. The normalized spacial score (nSPS) is 12.2. The van der Waals surface area contributed by atoms with Crippen LogP contribution < -0.4 is 5.73 Å². The molecule has 1 atom stereocenters. The average molecular weight is 239 g/mol. The molecule has 1 aromatic rings. The molecule has 1 rings (SSSR count). The Labute approximate surface area is 100 Å². The van der Waals surface area contributed by atoms with Crippen LogP contribution in [0, 0.1) is 0 Å². The molecule has 0 heterocycles. The SMILES string of the molecule is CCOC(=O)C(N)c1ccc(SCC)cc1. The lowest BCUT2D eigenvalue weighted by atomic mass is 10.1. The number of carbonyl (C=O) groups excluding carboxylic acids is 1. The zero-order chi connectivity index (χ0) is 12.0. The standard InChI is InChI=1S/C12H17NO2S/c1-3-15-12(14)11(13)9-5-7-10(8-6-9)16-4-2/h5-8,11H,3-4,13H2,1-2H3. The van der Waals surface area contributed by atoms with Crippen molar-refractivity contribution in [3.05, 3.63) is 29.8 Å². The van der Waals surface area contributed by atoms with E-state index < -0.39 is 6.04 Å². The van der Waals surface area contributed by atoms with E-state index >= 15 is 0 Å². The fourth-order valence-corrected chi connectivity index (χ4v) is 1.97. The van der Waals surface area contributed by atoms with Gasteiger partial charge in [-0.3, -0.25) is 0 Å². The summed E-state index contributed by atoms with van der Waals surface area (Å²) >= 11 is 1.76. The second-order valence-corrected chi connectivity index (χ2v) is 4.57. The van der Waals surface area contributed by atoms with Gasteiger partial charge in [-0.15, -0.1) is 11.8 Å². The monoisotopic (exact) mass is 239 g/mol. The van der Waals surface area contributed by atoms with E-state index in [1.807, 2.05) is 24.3 Å². The molecule has 16 heavy (non-hydrogen) atoms. The van der Waals surface area contributed by atoms with Crippen molar-refractivity contribution in [2.24, 2.45) is 5.73 Å². The molecular formula is C12H17NO2S. The first kappa shape index (κ1) is 13.1. The van der Waals surface area contributed by atoms with Gasteiger partial charge in [0.15, 0.2) is 0 Å². The van der Waals surface area contributed by atoms with Gasteiger partial charge in [0.1, 0.15) is 6.04 Å². The summed E-state index contributed by atoms with van der Waals surface area (Å²) in [7, 11) is 0. The third-order valence-corrected chi connectivity index (χ3v) is 2.98. The van der Waals surface area contributed by atoms with Gasteiger partial charge >= 0.3 is 5.97 Å². The number of hydrogen-bond donors (Lipinski definition) is 1. The molecular weight excluding hydrogens is 222 g/mol. The molecule has 0 amide bonds. The van der Waals surface area contributed by atoms with Crippen molar-refractivity contribution in [3.63, 3.8) is 0 Å². The Balaban J connectivity index is 2.69. The first-order chi connectivity index (χ1) is 7.69. The van der Waals surface area contributed by atoms with Gasteiger partial charge in [0.25, 0.3) is 0 Å². The van der Waals surface area contributed by atoms with Gasteiger partial charge in [-0.05, 0) is 30.4 Å². The van der Waals surface area contributed by atoms with Crippen LogP contribution in [0.1, 0.15) is 25.5 Å². The maximum atomic E-state index is 11.4. The molecule has 0 fully saturated rings. The first-order valence-electron chi connectivity index (χ1n) is 5.34. The Bertz CT molecular complexity index is 337. The second-order valence-electron chi connectivity index (χ2n) is 3.23. The number of benzene rings is 1. The highest BCUT2D eigenvalue weighted by Crippen LogP contribution is 2.20. The highest BCUT2D eigenvalue weighted by atomic mass is 32.2. The fourth-order valence-electron chi connectivity index (χ4n) is 1.31. The summed E-state index contributed by atoms with van der Waals surface area (Å²) in [6, 6.07) is 7.02. The van der Waals surface area contributed by atoms with E-state index in [-0.39, 0.29) is 5.97 Å². The third kappa shape index (κ3) is 3.54. The van der Waals surface area contributed by atoms with Gasteiger partial charge in [0.05, 0.1) is 6.61 Å². The van der Waals surface area contributed by atoms with Crippen LogP contribution in [0.5, 0.6) is 0 Å². The lowest BCUT2D eigenvalue weighted by Crippen LogP contribution is -2.23. The van der Waals surface area contributed by atoms with Gasteiger partial charge in [-0.1, -0.05) is 19.1 Å². The van der Waals surface area contributed by atoms with Crippen molar-refractivity contribution in [1.82, 2.24) is 0 Å². The second kappa shape index (κ2) is 6.55. The fraction of sp³-hybridized carbons (Fsp3) is 0.417. The minimum atomic E-state index is -0.680. The van der Waals surface area contributed by atoms with Crippen molar-refractivity contribution in [3.8, 4) is 0 Å². The molecule has 88 valence electrons. The zero-order valence-corrected chi connectivity index (χ0v) is 10.4. The number of esters is 1. The molecule has 1 aromatic carbocycles. The third-order valence-electron chi connectivity index (χ3n) is 2.09. The highest BCUT2D eigenvalue weighted by Gasteiger charge is 2.16. The summed E-state index contributed by atoms with van der Waals surface area (Å²) in [6.45, 7) is 4.23. The number of ether oxygens (including phenoxy) is 1. The molecule has 0 spiro atoms. The van der Waals surface area contributed by atoms with Crippen molar-refractivity contribution >= 4 is 17.7 Å². The van der Waals surface area contributed by atoms with E-state index in [1.165, 1.54) is 4.90 Å². The molecule has 0 saturated heterocycles. The highest BCUT2D eigenvalue weighted by molar-refractivity contribution is 7.99. The van der Waals surface area contributed by atoms with Gasteiger partial charge in [-0.25, -0.2) is 4.79 Å². The Kier molecular flexibility index (Phi) is 5.35. The quantitative estimate of drug-likeness (QED) is 0.633. The van der Waals surface area contributed by atoms with Gasteiger partial charge < -0.3 is 10.5 Å². The summed E-state index contributed by atoms with van der Waals surface area (Å²) in [5.74, 6) is 0.655. The van der Waals surface area contributed by atoms with E-state index in [2.05, 4.69) is 6.92 Å². The Morgan fingerprint density at radius 3 is 2.50 bits per heavy atom. The molecule has 0 bridgehead atoms. The van der Waals surface area contributed by atoms with Crippen LogP contribution in [0.3, 0.4) is 0 Å². The molecule has 3 nitrogen and oxygen atoms in total. The molecule has 0 aliphatic heterocycles. The number of thioether (sulfide) groups is 1.